The number of amides is 2. The fourth-order valence-electron chi connectivity index (χ4n) is 3.88. The second kappa shape index (κ2) is 8.99. The summed E-state index contributed by atoms with van der Waals surface area (Å²) in [5.41, 5.74) is -0.0647. The van der Waals surface area contributed by atoms with Gasteiger partial charge in [0.05, 0.1) is 6.54 Å². The zero-order valence-corrected chi connectivity index (χ0v) is 14.8. The molecule has 1 aromatic heterocycles. The van der Waals surface area contributed by atoms with E-state index in [4.69, 9.17) is 0 Å². The molecule has 7 heteroatoms. The van der Waals surface area contributed by atoms with Gasteiger partial charge in [0.1, 0.15) is 0 Å². The van der Waals surface area contributed by atoms with E-state index in [1.54, 1.807) is 12.3 Å². The normalized spacial score (nSPS) is 22.0. The summed E-state index contributed by atoms with van der Waals surface area (Å²) < 4.78 is 1.51. The maximum absolute atomic E-state index is 12.1. The minimum Gasteiger partial charge on any atom is -0.337 e. The highest BCUT2D eigenvalue weighted by atomic mass is 16.2. The van der Waals surface area contributed by atoms with Crippen LogP contribution in [0.5, 0.6) is 0 Å². The first kappa shape index (κ1) is 17.9. The van der Waals surface area contributed by atoms with Gasteiger partial charge in [0.2, 0.25) is 0 Å². The Hall–Kier alpha value is -1.89. The molecule has 0 aromatic carbocycles. The quantitative estimate of drug-likeness (QED) is 0.814. The Bertz CT molecular complexity index is 611. The van der Waals surface area contributed by atoms with Crippen LogP contribution < -0.4 is 16.2 Å². The van der Waals surface area contributed by atoms with Crippen LogP contribution in [-0.4, -0.2) is 52.4 Å². The fourth-order valence-corrected chi connectivity index (χ4v) is 3.88. The summed E-state index contributed by atoms with van der Waals surface area (Å²) >= 11 is 0. The van der Waals surface area contributed by atoms with E-state index in [2.05, 4.69) is 20.6 Å². The van der Waals surface area contributed by atoms with E-state index in [-0.39, 0.29) is 11.6 Å². The van der Waals surface area contributed by atoms with Gasteiger partial charge in [-0.3, -0.25) is 9.69 Å². The summed E-state index contributed by atoms with van der Waals surface area (Å²) in [7, 11) is 0. The Kier molecular flexibility index (Phi) is 6.44. The highest BCUT2D eigenvalue weighted by molar-refractivity contribution is 5.74. The number of carbonyl (C=O) groups is 1. The van der Waals surface area contributed by atoms with Gasteiger partial charge in [-0.15, -0.1) is 0 Å². The third-order valence-electron chi connectivity index (χ3n) is 5.32. The van der Waals surface area contributed by atoms with Gasteiger partial charge in [-0.1, -0.05) is 19.3 Å². The van der Waals surface area contributed by atoms with E-state index >= 15 is 0 Å². The molecule has 2 fully saturated rings. The zero-order valence-electron chi connectivity index (χ0n) is 14.8. The van der Waals surface area contributed by atoms with E-state index in [0.29, 0.717) is 25.2 Å². The molecule has 1 atom stereocenters. The van der Waals surface area contributed by atoms with Crippen molar-refractivity contribution in [2.24, 2.45) is 0 Å². The van der Waals surface area contributed by atoms with Crippen LogP contribution in [0.1, 0.15) is 44.9 Å². The molecular formula is C18H29N5O2. The number of urea groups is 1. The number of nitrogens with one attached hydrogen (secondary N) is 2. The minimum absolute atomic E-state index is 0.0432. The highest BCUT2D eigenvalue weighted by Crippen LogP contribution is 2.18. The molecule has 1 unspecified atom stereocenters. The molecule has 0 bridgehead atoms. The van der Waals surface area contributed by atoms with Gasteiger partial charge in [-0.25, -0.2) is 9.48 Å². The van der Waals surface area contributed by atoms with Gasteiger partial charge in [0.15, 0.2) is 0 Å². The highest BCUT2D eigenvalue weighted by Gasteiger charge is 2.23. The van der Waals surface area contributed by atoms with Gasteiger partial charge in [0, 0.05) is 37.4 Å². The van der Waals surface area contributed by atoms with E-state index in [0.717, 1.165) is 32.4 Å². The van der Waals surface area contributed by atoms with Crippen molar-refractivity contribution in [1.82, 2.24) is 25.3 Å². The van der Waals surface area contributed by atoms with E-state index < -0.39 is 0 Å². The largest absolute Gasteiger partial charge is 0.337 e. The number of likely N-dealkylation sites (tertiary alicyclic amines) is 1. The summed E-state index contributed by atoms with van der Waals surface area (Å²) in [6.07, 6.45) is 9.72. The molecule has 1 aliphatic heterocycles. The molecule has 2 aliphatic rings. The van der Waals surface area contributed by atoms with Crippen molar-refractivity contribution in [3.8, 4) is 0 Å². The number of nitrogens with zero attached hydrogens (tertiary/aromatic N) is 3. The van der Waals surface area contributed by atoms with Crippen LogP contribution >= 0.6 is 0 Å². The predicted octanol–water partition coefficient (Wildman–Crippen LogP) is 1.34. The molecule has 0 spiro atoms. The number of rotatable bonds is 6. The zero-order chi connectivity index (χ0) is 17.5. The standard InChI is InChI=1S/C18H29N5O2/c24-17-9-5-10-20-23(17)13-12-22-11-4-3-8-16(22)14-19-18(25)21-15-6-1-2-7-15/h5,9-10,15-16H,1-4,6-8,11-14H2,(H2,19,21,25). The summed E-state index contributed by atoms with van der Waals surface area (Å²) in [5, 5.41) is 10.2. The average Bonchev–Trinajstić information content (AvgIpc) is 3.13. The summed E-state index contributed by atoms with van der Waals surface area (Å²) in [6.45, 7) is 3.05. The minimum atomic E-state index is -0.0647. The number of hydrogen-bond acceptors (Lipinski definition) is 4. The van der Waals surface area contributed by atoms with Gasteiger partial charge < -0.3 is 10.6 Å². The van der Waals surface area contributed by atoms with Crippen molar-refractivity contribution in [2.45, 2.75) is 63.6 Å². The Morgan fingerprint density at radius 2 is 1.96 bits per heavy atom. The van der Waals surface area contributed by atoms with E-state index in [1.165, 1.54) is 36.4 Å². The molecule has 1 saturated heterocycles. The van der Waals surface area contributed by atoms with E-state index in [9.17, 15) is 9.59 Å². The van der Waals surface area contributed by atoms with Gasteiger partial charge in [0.25, 0.3) is 5.56 Å². The molecule has 25 heavy (non-hydrogen) atoms. The lowest BCUT2D eigenvalue weighted by Crippen LogP contribution is -2.50. The Labute approximate surface area is 148 Å². The number of aromatic nitrogens is 2. The molecule has 1 saturated carbocycles. The maximum Gasteiger partial charge on any atom is 0.315 e. The molecule has 2 heterocycles. The molecule has 2 N–H and O–H groups in total. The lowest BCUT2D eigenvalue weighted by Gasteiger charge is -2.35. The van der Waals surface area contributed by atoms with Crippen LogP contribution in [0.2, 0.25) is 0 Å². The fraction of sp³-hybridized carbons (Fsp3) is 0.722. The lowest BCUT2D eigenvalue weighted by atomic mass is 10.0. The van der Waals surface area contributed by atoms with Crippen molar-refractivity contribution in [3.63, 3.8) is 0 Å². The predicted molar refractivity (Wildman–Crippen MR) is 96.5 cm³/mol. The van der Waals surface area contributed by atoms with Crippen LogP contribution in [0.4, 0.5) is 4.79 Å². The maximum atomic E-state index is 12.1. The summed E-state index contributed by atoms with van der Waals surface area (Å²) in [5.74, 6) is 0. The van der Waals surface area contributed by atoms with Crippen LogP contribution in [0.25, 0.3) is 0 Å². The molecule has 2 amide bonds. The summed E-state index contributed by atoms with van der Waals surface area (Å²) in [4.78, 5) is 26.2. The molecule has 0 radical (unpaired) electrons. The van der Waals surface area contributed by atoms with Crippen LogP contribution in [0.15, 0.2) is 23.1 Å². The Morgan fingerprint density at radius 3 is 2.76 bits per heavy atom. The van der Waals surface area contributed by atoms with Crippen molar-refractivity contribution in [2.75, 3.05) is 19.6 Å². The third-order valence-corrected chi connectivity index (χ3v) is 5.32. The van der Waals surface area contributed by atoms with Gasteiger partial charge in [-0.05, 0) is 38.3 Å². The molecule has 3 rings (SSSR count). The second-order valence-corrected chi connectivity index (χ2v) is 7.11. The Balaban J connectivity index is 1.46. The molecule has 1 aromatic rings. The second-order valence-electron chi connectivity index (χ2n) is 7.11. The van der Waals surface area contributed by atoms with Crippen molar-refractivity contribution < 1.29 is 4.79 Å². The van der Waals surface area contributed by atoms with Crippen molar-refractivity contribution >= 4 is 6.03 Å². The van der Waals surface area contributed by atoms with Gasteiger partial charge in [-0.2, -0.15) is 5.10 Å². The molecule has 7 nitrogen and oxygen atoms in total. The van der Waals surface area contributed by atoms with E-state index in [1.807, 2.05) is 0 Å². The average molecular weight is 347 g/mol. The lowest BCUT2D eigenvalue weighted by molar-refractivity contribution is 0.138. The van der Waals surface area contributed by atoms with Crippen molar-refractivity contribution in [1.29, 1.82) is 0 Å². The third kappa shape index (κ3) is 5.29. The number of hydrogen-bond donors (Lipinski definition) is 2. The van der Waals surface area contributed by atoms with Crippen LogP contribution in [0, 0.1) is 0 Å². The molecule has 138 valence electrons. The molecular weight excluding hydrogens is 318 g/mol. The molecule has 1 aliphatic carbocycles. The number of carbonyl (C=O) groups excluding carboxylic acids is 1. The SMILES string of the molecule is O=C(NCC1CCCCN1CCn1ncccc1=O)NC1CCCC1. The van der Waals surface area contributed by atoms with Crippen LogP contribution in [0.3, 0.4) is 0 Å². The summed E-state index contributed by atoms with van der Waals surface area (Å²) in [6, 6.07) is 3.84. The first-order chi connectivity index (χ1) is 12.2. The smallest absolute Gasteiger partial charge is 0.315 e. The topological polar surface area (TPSA) is 79.3 Å². The van der Waals surface area contributed by atoms with Crippen molar-refractivity contribution in [3.05, 3.63) is 28.7 Å². The monoisotopic (exact) mass is 347 g/mol. The Morgan fingerprint density at radius 1 is 1.16 bits per heavy atom. The first-order valence-electron chi connectivity index (χ1n) is 9.53. The first-order valence-corrected chi connectivity index (χ1v) is 9.53. The van der Waals surface area contributed by atoms with Gasteiger partial charge >= 0.3 is 6.03 Å². The number of piperidine rings is 1. The van der Waals surface area contributed by atoms with Crippen LogP contribution in [-0.2, 0) is 6.54 Å².